The average Bonchev–Trinajstić information content (AvgIpc) is 3.42. The van der Waals surface area contributed by atoms with Gasteiger partial charge >= 0.3 is 30.0 Å². The van der Waals surface area contributed by atoms with Gasteiger partial charge in [-0.1, -0.05) is 72.8 Å². The highest BCUT2D eigenvalue weighted by molar-refractivity contribution is 8.02. The number of carbonyl (C=O) groups excluding carboxylic acids is 8. The van der Waals surface area contributed by atoms with Crippen LogP contribution in [0.2, 0.25) is 0 Å². The molecule has 0 radical (unpaired) electrons. The van der Waals surface area contributed by atoms with Gasteiger partial charge in [0.05, 0.1) is 0 Å². The first-order chi connectivity index (χ1) is 27.3. The normalized spacial score (nSPS) is 21.4. The van der Waals surface area contributed by atoms with Crippen molar-refractivity contribution in [3.63, 3.8) is 0 Å². The molecule has 18 heteroatoms. The Morgan fingerprint density at radius 3 is 2.07 bits per heavy atom. The van der Waals surface area contributed by atoms with E-state index in [2.05, 4.69) is 16.0 Å². The van der Waals surface area contributed by atoms with Gasteiger partial charge in [-0.05, 0) is 49.6 Å². The number of piperazine rings is 1. The lowest BCUT2D eigenvalue weighted by atomic mass is 9.92. The van der Waals surface area contributed by atoms with Gasteiger partial charge in [0.2, 0.25) is 12.3 Å². The molecule has 0 spiro atoms. The molecule has 0 aromatic heterocycles. The van der Waals surface area contributed by atoms with E-state index in [0.29, 0.717) is 11.3 Å². The molecule has 3 aliphatic rings. The second-order valence-electron chi connectivity index (χ2n) is 13.7. The van der Waals surface area contributed by atoms with Crippen LogP contribution in [-0.2, 0) is 51.5 Å². The van der Waals surface area contributed by atoms with Crippen molar-refractivity contribution in [2.45, 2.75) is 61.9 Å². The van der Waals surface area contributed by atoms with Crippen molar-refractivity contribution in [2.24, 2.45) is 0 Å². The summed E-state index contributed by atoms with van der Waals surface area (Å²) in [7, 11) is 0. The van der Waals surface area contributed by atoms with E-state index in [-0.39, 0.29) is 44.2 Å². The van der Waals surface area contributed by atoms with Gasteiger partial charge in [0.1, 0.15) is 31.0 Å². The zero-order chi connectivity index (χ0) is 40.9. The molecule has 3 heterocycles. The number of benzene rings is 3. The highest BCUT2D eigenvalue weighted by atomic mass is 32.2. The quantitative estimate of drug-likeness (QED) is 0.0748. The first kappa shape index (κ1) is 40.2. The number of urea groups is 1. The van der Waals surface area contributed by atoms with Crippen LogP contribution in [0.5, 0.6) is 5.75 Å². The molecule has 3 aromatic carbocycles. The van der Waals surface area contributed by atoms with Crippen molar-refractivity contribution in [1.82, 2.24) is 30.7 Å². The molecular weight excluding hydrogens is 761 g/mol. The van der Waals surface area contributed by atoms with E-state index >= 15 is 0 Å². The van der Waals surface area contributed by atoms with E-state index < -0.39 is 69.7 Å². The largest absolute Gasteiger partial charge is 0.514 e. The SMILES string of the molecule is CCN1CCN(C(=O)NC(C(=O)N[C@@H]2C(=O)N3[C@@H](C(=O)OCc4ccccc4)C(C)(C)SC23NC=O)c2ccc(OC(=O)OCc3ccccc3)cc2)C(=O)C1=O. The molecule has 4 atom stereocenters. The second kappa shape index (κ2) is 16.7. The molecule has 3 aliphatic heterocycles. The molecule has 17 nitrogen and oxygen atoms in total. The summed E-state index contributed by atoms with van der Waals surface area (Å²) in [6.45, 7) is 5.17. The Balaban J connectivity index is 1.21. The van der Waals surface area contributed by atoms with Gasteiger partial charge in [0.15, 0.2) is 11.0 Å². The summed E-state index contributed by atoms with van der Waals surface area (Å²) < 4.78 is 15.0. The van der Waals surface area contributed by atoms with E-state index in [0.717, 1.165) is 22.9 Å². The fourth-order valence-electron chi connectivity index (χ4n) is 6.83. The van der Waals surface area contributed by atoms with Gasteiger partial charge in [-0.25, -0.2) is 14.4 Å². The summed E-state index contributed by atoms with van der Waals surface area (Å²) in [4.78, 5) is 107. The monoisotopic (exact) mass is 800 g/mol. The molecule has 0 aliphatic carbocycles. The molecule has 3 N–H and O–H groups in total. The van der Waals surface area contributed by atoms with E-state index in [4.69, 9.17) is 14.2 Å². The van der Waals surface area contributed by atoms with Gasteiger partial charge in [0, 0.05) is 24.4 Å². The summed E-state index contributed by atoms with van der Waals surface area (Å²) in [5.41, 5.74) is 1.59. The molecule has 6 rings (SSSR count). The van der Waals surface area contributed by atoms with Gasteiger partial charge in [0.25, 0.3) is 5.91 Å². The molecule has 57 heavy (non-hydrogen) atoms. The summed E-state index contributed by atoms with van der Waals surface area (Å²) in [6, 6.07) is 18.0. The smallest absolute Gasteiger partial charge is 0.459 e. The Bertz CT molecular complexity index is 2050. The lowest BCUT2D eigenvalue weighted by Crippen LogP contribution is -2.82. The Hall–Kier alpha value is -6.43. The van der Waals surface area contributed by atoms with E-state index in [9.17, 15) is 38.4 Å². The number of β-lactam (4-membered cyclic amide) rings is 1. The zero-order valence-electron chi connectivity index (χ0n) is 31.2. The Labute approximate surface area is 331 Å². The highest BCUT2D eigenvalue weighted by Crippen LogP contribution is 2.57. The predicted molar refractivity (Wildman–Crippen MR) is 201 cm³/mol. The first-order valence-electron chi connectivity index (χ1n) is 17.9. The standard InChI is InChI=1S/C39H40N6O11S/c1-4-43-19-20-44(34(50)33(43)49)36(52)41-28(26-15-17-27(18-16-26)56-37(53)55-22-25-13-9-6-10-14-25)31(47)42-29-32(48)45-30(38(2,3)57-39(29,45)40-23-46)35(51)54-21-24-11-7-5-8-12-24/h5-18,23,28-30H,4,19-22H2,1-3H3,(H,40,46)(H,41,52)(H,42,47)/t28?,29-,30+,39?/m1/s1. The maximum Gasteiger partial charge on any atom is 0.514 e. The van der Waals surface area contributed by atoms with Crippen molar-refractivity contribution in [3.05, 3.63) is 102 Å². The number of nitrogens with zero attached hydrogens (tertiary/aromatic N) is 3. The number of ether oxygens (including phenoxy) is 3. The Morgan fingerprint density at radius 2 is 1.47 bits per heavy atom. The maximum atomic E-state index is 14.2. The minimum Gasteiger partial charge on any atom is -0.459 e. The molecule has 3 fully saturated rings. The van der Waals surface area contributed by atoms with Crippen LogP contribution in [-0.4, -0.2) is 104 Å². The lowest BCUT2D eigenvalue weighted by molar-refractivity contribution is -0.174. The van der Waals surface area contributed by atoms with Crippen molar-refractivity contribution in [1.29, 1.82) is 0 Å². The molecule has 2 unspecified atom stereocenters. The van der Waals surface area contributed by atoms with Crippen molar-refractivity contribution < 1.29 is 52.6 Å². The minimum atomic E-state index is -1.63. The summed E-state index contributed by atoms with van der Waals surface area (Å²) in [5.74, 6) is -4.32. The first-order valence-corrected chi connectivity index (χ1v) is 18.8. The minimum absolute atomic E-state index is 0.0347. The maximum absolute atomic E-state index is 14.2. The van der Waals surface area contributed by atoms with Gasteiger partial charge in [-0.3, -0.25) is 33.8 Å². The summed E-state index contributed by atoms with van der Waals surface area (Å²) in [5, 5.41) is 7.72. The van der Waals surface area contributed by atoms with Crippen LogP contribution in [0.3, 0.4) is 0 Å². The topological polar surface area (TPSA) is 210 Å². The zero-order valence-corrected chi connectivity index (χ0v) is 32.0. The number of rotatable bonds is 13. The third kappa shape index (κ3) is 8.25. The van der Waals surface area contributed by atoms with E-state index in [1.807, 2.05) is 12.1 Å². The third-order valence-electron chi connectivity index (χ3n) is 9.65. The van der Waals surface area contributed by atoms with E-state index in [1.165, 1.54) is 34.1 Å². The van der Waals surface area contributed by atoms with Gasteiger partial charge in [-0.2, -0.15) is 0 Å². The average molecular weight is 801 g/mol. The predicted octanol–water partition coefficient (Wildman–Crippen LogP) is 2.21. The molecule has 0 saturated carbocycles. The van der Waals surface area contributed by atoms with Gasteiger partial charge < -0.3 is 35.1 Å². The molecule has 3 saturated heterocycles. The number of amides is 7. The van der Waals surface area contributed by atoms with Crippen LogP contribution in [0, 0.1) is 0 Å². The van der Waals surface area contributed by atoms with Crippen LogP contribution >= 0.6 is 11.8 Å². The number of hydrogen-bond acceptors (Lipinski definition) is 12. The van der Waals surface area contributed by atoms with Crippen LogP contribution in [0.25, 0.3) is 0 Å². The molecule has 298 valence electrons. The number of fused-ring (bicyclic) bond motifs is 1. The second-order valence-corrected chi connectivity index (χ2v) is 15.6. The number of thioether (sulfide) groups is 1. The number of likely N-dealkylation sites (N-methyl/N-ethyl adjacent to an activating group) is 1. The number of hydrogen-bond donors (Lipinski definition) is 3. The molecule has 0 bridgehead atoms. The molecule has 3 aromatic rings. The lowest BCUT2D eigenvalue weighted by Gasteiger charge is -2.53. The molecule has 7 amide bonds. The number of esters is 1. The third-order valence-corrected chi connectivity index (χ3v) is 11.3. The highest BCUT2D eigenvalue weighted by Gasteiger charge is 2.74. The number of carbonyl (C=O) groups is 8. The van der Waals surface area contributed by atoms with E-state index in [1.54, 1.807) is 69.3 Å². The Kier molecular flexibility index (Phi) is 11.8. The summed E-state index contributed by atoms with van der Waals surface area (Å²) >= 11 is 1.06. The van der Waals surface area contributed by atoms with Crippen LogP contribution in [0.1, 0.15) is 43.5 Å². The van der Waals surface area contributed by atoms with Crippen molar-refractivity contribution >= 4 is 60.0 Å². The van der Waals surface area contributed by atoms with Crippen molar-refractivity contribution in [2.75, 3.05) is 19.6 Å². The molecular formula is C39H40N6O11S. The van der Waals surface area contributed by atoms with Crippen LogP contribution < -0.4 is 20.7 Å². The Morgan fingerprint density at radius 1 is 0.860 bits per heavy atom. The number of nitrogens with one attached hydrogen (secondary N) is 3. The summed E-state index contributed by atoms with van der Waals surface area (Å²) in [6.07, 6.45) is -0.648. The number of imide groups is 1. The van der Waals surface area contributed by atoms with Crippen molar-refractivity contribution in [3.8, 4) is 5.75 Å². The fraction of sp³-hybridized carbons (Fsp3) is 0.333. The van der Waals surface area contributed by atoms with Crippen LogP contribution in [0.4, 0.5) is 9.59 Å². The van der Waals surface area contributed by atoms with Gasteiger partial charge in [-0.15, -0.1) is 11.8 Å². The van der Waals surface area contributed by atoms with Crippen LogP contribution in [0.15, 0.2) is 84.9 Å². The fourth-order valence-corrected chi connectivity index (χ4v) is 8.62.